The summed E-state index contributed by atoms with van der Waals surface area (Å²) in [6, 6.07) is 0. The Bertz CT molecular complexity index is 20.0. The standard InChI is InChI=1S/C5H11I.H3P/c1-2-3-4-5-6;/h2-5H2,1H3;1H3. The molecule has 0 rings (SSSR count). The van der Waals surface area contributed by atoms with Gasteiger partial charge in [-0.05, 0) is 10.8 Å². The van der Waals surface area contributed by atoms with E-state index in [0.29, 0.717) is 0 Å². The molecule has 46 valence electrons. The Kier molecular flexibility index (Phi) is 16.1. The van der Waals surface area contributed by atoms with Crippen molar-refractivity contribution in [2.45, 2.75) is 26.2 Å². The molecule has 0 N–H and O–H groups in total. The fourth-order valence-electron chi connectivity index (χ4n) is 0.344. The lowest BCUT2D eigenvalue weighted by Crippen LogP contribution is -1.70. The normalized spacial score (nSPS) is 7.71. The number of unbranched alkanes of at least 4 members (excludes halogenated alkanes) is 2. The summed E-state index contributed by atoms with van der Waals surface area (Å²) in [5.74, 6) is 0. The van der Waals surface area contributed by atoms with Gasteiger partial charge in [-0.25, -0.2) is 0 Å². The van der Waals surface area contributed by atoms with Crippen LogP contribution >= 0.6 is 32.5 Å². The third-order valence-corrected chi connectivity index (χ3v) is 1.50. The van der Waals surface area contributed by atoms with E-state index in [-0.39, 0.29) is 9.90 Å². The summed E-state index contributed by atoms with van der Waals surface area (Å²) in [6.07, 6.45) is 4.16. The lowest BCUT2D eigenvalue weighted by atomic mass is 10.3. The second-order valence-corrected chi connectivity index (χ2v) is 2.47. The van der Waals surface area contributed by atoms with Gasteiger partial charge in [0, 0.05) is 0 Å². The average Bonchev–Trinajstić information content (AvgIpc) is 1.61. The Labute approximate surface area is 63.2 Å². The van der Waals surface area contributed by atoms with Crippen LogP contribution in [0.4, 0.5) is 0 Å². The Morgan fingerprint density at radius 2 is 1.86 bits per heavy atom. The van der Waals surface area contributed by atoms with Gasteiger partial charge >= 0.3 is 0 Å². The monoisotopic (exact) mass is 232 g/mol. The minimum absolute atomic E-state index is 0. The molecule has 0 aromatic carbocycles. The van der Waals surface area contributed by atoms with E-state index in [2.05, 4.69) is 29.5 Å². The van der Waals surface area contributed by atoms with Crippen LogP contribution in [0.2, 0.25) is 0 Å². The molecule has 7 heavy (non-hydrogen) atoms. The summed E-state index contributed by atoms with van der Waals surface area (Å²) in [5.41, 5.74) is 0. The molecule has 0 aromatic heterocycles. The van der Waals surface area contributed by atoms with Crippen LogP contribution in [0, 0.1) is 0 Å². The van der Waals surface area contributed by atoms with E-state index in [1.54, 1.807) is 0 Å². The van der Waals surface area contributed by atoms with E-state index < -0.39 is 0 Å². The fourth-order valence-corrected chi connectivity index (χ4v) is 0.884. The number of rotatable bonds is 3. The zero-order chi connectivity index (χ0) is 4.83. The molecule has 0 radical (unpaired) electrons. The first-order chi connectivity index (χ1) is 2.91. The van der Waals surface area contributed by atoms with Gasteiger partial charge in [0.2, 0.25) is 0 Å². The van der Waals surface area contributed by atoms with Crippen molar-refractivity contribution < 1.29 is 0 Å². The van der Waals surface area contributed by atoms with Crippen LogP contribution in [0.15, 0.2) is 0 Å². The predicted molar refractivity (Wildman–Crippen MR) is 49.5 cm³/mol. The highest BCUT2D eigenvalue weighted by Crippen LogP contribution is 1.96. The third-order valence-electron chi connectivity index (χ3n) is 0.737. The van der Waals surface area contributed by atoms with Crippen molar-refractivity contribution in [3.05, 3.63) is 0 Å². The first-order valence-corrected chi connectivity index (χ1v) is 4.00. The highest BCUT2D eigenvalue weighted by molar-refractivity contribution is 14.1. The molecule has 0 aliphatic rings. The molecule has 0 nitrogen and oxygen atoms in total. The van der Waals surface area contributed by atoms with Crippen molar-refractivity contribution >= 4 is 32.5 Å². The molecule has 0 spiro atoms. The zero-order valence-electron chi connectivity index (χ0n) is 4.91. The summed E-state index contributed by atoms with van der Waals surface area (Å²) >= 11 is 2.41. The molecule has 0 saturated carbocycles. The third kappa shape index (κ3) is 11.0. The lowest BCUT2D eigenvalue weighted by Gasteiger charge is -1.85. The summed E-state index contributed by atoms with van der Waals surface area (Å²) in [7, 11) is 0. The first-order valence-electron chi connectivity index (χ1n) is 2.47. The maximum atomic E-state index is 2.41. The smallest absolute Gasteiger partial charge is 0.000473 e. The van der Waals surface area contributed by atoms with E-state index >= 15 is 0 Å². The van der Waals surface area contributed by atoms with E-state index in [0.717, 1.165) is 0 Å². The van der Waals surface area contributed by atoms with Crippen molar-refractivity contribution in [3.8, 4) is 0 Å². The molecule has 0 fully saturated rings. The number of alkyl halides is 1. The largest absolute Gasteiger partial charge is 0.153 e. The van der Waals surface area contributed by atoms with Gasteiger partial charge in [-0.15, -0.1) is 0 Å². The minimum atomic E-state index is 0. The van der Waals surface area contributed by atoms with Gasteiger partial charge in [-0.3, -0.25) is 0 Å². The Morgan fingerprint density at radius 1 is 1.29 bits per heavy atom. The summed E-state index contributed by atoms with van der Waals surface area (Å²) in [5, 5.41) is 0. The highest BCUT2D eigenvalue weighted by atomic mass is 127. The Hall–Kier alpha value is 1.16. The van der Waals surface area contributed by atoms with Crippen LogP contribution in [0.1, 0.15) is 26.2 Å². The minimum Gasteiger partial charge on any atom is -0.153 e. The molecule has 0 bridgehead atoms. The fraction of sp³-hybridized carbons (Fsp3) is 1.00. The van der Waals surface area contributed by atoms with Gasteiger partial charge < -0.3 is 0 Å². The van der Waals surface area contributed by atoms with Gasteiger partial charge in [0.05, 0.1) is 0 Å². The molecule has 0 aromatic rings. The second kappa shape index (κ2) is 10.2. The van der Waals surface area contributed by atoms with Crippen molar-refractivity contribution in [1.82, 2.24) is 0 Å². The topological polar surface area (TPSA) is 0 Å². The lowest BCUT2D eigenvalue weighted by molar-refractivity contribution is 0.785. The van der Waals surface area contributed by atoms with E-state index in [1.165, 1.54) is 23.7 Å². The maximum Gasteiger partial charge on any atom is -0.000473 e. The molecular formula is C5H14IP. The molecule has 1 atom stereocenters. The summed E-state index contributed by atoms with van der Waals surface area (Å²) < 4.78 is 1.32. The van der Waals surface area contributed by atoms with Crippen LogP contribution in [-0.4, -0.2) is 4.43 Å². The van der Waals surface area contributed by atoms with Crippen LogP contribution < -0.4 is 0 Å². The predicted octanol–water partition coefficient (Wildman–Crippen LogP) is 2.67. The average molecular weight is 232 g/mol. The molecule has 0 aliphatic carbocycles. The number of hydrogen-bond donors (Lipinski definition) is 0. The Balaban J connectivity index is 0. The quantitative estimate of drug-likeness (QED) is 0.303. The summed E-state index contributed by atoms with van der Waals surface area (Å²) in [6.45, 7) is 2.23. The van der Waals surface area contributed by atoms with Crippen LogP contribution in [0.5, 0.6) is 0 Å². The van der Waals surface area contributed by atoms with E-state index in [9.17, 15) is 0 Å². The van der Waals surface area contributed by atoms with Gasteiger partial charge in [0.1, 0.15) is 0 Å². The number of hydrogen-bond acceptors (Lipinski definition) is 0. The maximum absolute atomic E-state index is 2.41. The van der Waals surface area contributed by atoms with Crippen LogP contribution in [-0.2, 0) is 0 Å². The van der Waals surface area contributed by atoms with E-state index in [1.807, 2.05) is 0 Å². The van der Waals surface area contributed by atoms with Crippen molar-refractivity contribution in [3.63, 3.8) is 0 Å². The van der Waals surface area contributed by atoms with E-state index in [4.69, 9.17) is 0 Å². The van der Waals surface area contributed by atoms with Gasteiger partial charge in [-0.2, -0.15) is 9.90 Å². The SMILES string of the molecule is CCCCCI.P. The molecule has 0 aliphatic heterocycles. The summed E-state index contributed by atoms with van der Waals surface area (Å²) in [4.78, 5) is 0. The highest BCUT2D eigenvalue weighted by Gasteiger charge is 1.76. The molecule has 0 saturated heterocycles. The zero-order valence-corrected chi connectivity index (χ0v) is 8.49. The number of halogens is 1. The second-order valence-electron chi connectivity index (χ2n) is 1.40. The van der Waals surface area contributed by atoms with Crippen molar-refractivity contribution in [2.24, 2.45) is 0 Å². The molecule has 0 heterocycles. The molecule has 2 heteroatoms. The van der Waals surface area contributed by atoms with Crippen LogP contribution in [0.25, 0.3) is 0 Å². The molecular weight excluding hydrogens is 218 g/mol. The molecule has 1 unspecified atom stereocenters. The first kappa shape index (κ1) is 11.0. The van der Waals surface area contributed by atoms with Crippen LogP contribution in [0.3, 0.4) is 0 Å². The molecule has 0 amide bonds. The Morgan fingerprint density at radius 3 is 2.00 bits per heavy atom. The van der Waals surface area contributed by atoms with Crippen molar-refractivity contribution in [1.29, 1.82) is 0 Å². The van der Waals surface area contributed by atoms with Gasteiger partial charge in [-0.1, -0.05) is 42.4 Å². The van der Waals surface area contributed by atoms with Crippen molar-refractivity contribution in [2.75, 3.05) is 4.43 Å². The van der Waals surface area contributed by atoms with Gasteiger partial charge in [0.25, 0.3) is 0 Å². The van der Waals surface area contributed by atoms with Gasteiger partial charge in [0.15, 0.2) is 0 Å².